The third-order valence-electron chi connectivity index (χ3n) is 7.58. The molecule has 5 aliphatic rings. The van der Waals surface area contributed by atoms with E-state index in [2.05, 4.69) is 11.9 Å². The minimum atomic E-state index is -0.229. The number of nitrogens with one attached hydrogen (secondary N) is 1. The number of rotatable bonds is 5. The molecular formula is C21H29N3O2. The number of hydrogen-bond donors (Lipinski definition) is 1. The summed E-state index contributed by atoms with van der Waals surface area (Å²) in [5.41, 5.74) is 1.50. The first-order chi connectivity index (χ1) is 12.6. The van der Waals surface area contributed by atoms with Gasteiger partial charge in [-0.1, -0.05) is 20.3 Å². The molecule has 2 heterocycles. The van der Waals surface area contributed by atoms with Crippen molar-refractivity contribution in [2.75, 3.05) is 6.54 Å². The van der Waals surface area contributed by atoms with Crippen molar-refractivity contribution in [1.29, 1.82) is 0 Å². The van der Waals surface area contributed by atoms with Crippen molar-refractivity contribution >= 4 is 11.8 Å². The number of aromatic nitrogens is 2. The summed E-state index contributed by atoms with van der Waals surface area (Å²) in [6.07, 6.45) is 8.99. The fourth-order valence-corrected chi connectivity index (χ4v) is 6.75. The Balaban J connectivity index is 1.58. The average molecular weight is 355 g/mol. The number of carbonyl (C=O) groups excluding carboxylic acids is 2. The van der Waals surface area contributed by atoms with Crippen molar-refractivity contribution in [2.45, 2.75) is 76.5 Å². The highest BCUT2D eigenvalue weighted by atomic mass is 16.2. The molecule has 1 aromatic heterocycles. The molecular weight excluding hydrogens is 326 g/mol. The van der Waals surface area contributed by atoms with E-state index in [1.165, 1.54) is 37.0 Å². The Morgan fingerprint density at radius 2 is 1.85 bits per heavy atom. The molecule has 5 nitrogen and oxygen atoms in total. The highest BCUT2D eigenvalue weighted by molar-refractivity contribution is 6.10. The highest BCUT2D eigenvalue weighted by Crippen LogP contribution is 2.65. The first kappa shape index (κ1) is 16.5. The summed E-state index contributed by atoms with van der Waals surface area (Å²) in [7, 11) is 0. The molecule has 140 valence electrons. The second-order valence-electron chi connectivity index (χ2n) is 9.18. The van der Waals surface area contributed by atoms with Gasteiger partial charge in [0.2, 0.25) is 5.91 Å². The molecule has 1 aliphatic heterocycles. The first-order valence-electron chi connectivity index (χ1n) is 10.5. The van der Waals surface area contributed by atoms with Crippen molar-refractivity contribution in [3.8, 4) is 0 Å². The second-order valence-corrected chi connectivity index (χ2v) is 9.18. The Hall–Kier alpha value is -1.65. The van der Waals surface area contributed by atoms with Gasteiger partial charge in [-0.2, -0.15) is 0 Å². The fraction of sp³-hybridized carbons (Fsp3) is 0.762. The lowest BCUT2D eigenvalue weighted by atomic mass is 9.75. The van der Waals surface area contributed by atoms with Gasteiger partial charge in [-0.3, -0.25) is 14.5 Å². The molecule has 26 heavy (non-hydrogen) atoms. The van der Waals surface area contributed by atoms with Crippen LogP contribution in [0.3, 0.4) is 0 Å². The van der Waals surface area contributed by atoms with E-state index in [0.717, 1.165) is 48.5 Å². The molecule has 3 atom stereocenters. The largest absolute Gasteiger partial charge is 0.344 e. The quantitative estimate of drug-likeness (QED) is 0.818. The van der Waals surface area contributed by atoms with E-state index >= 15 is 0 Å². The van der Waals surface area contributed by atoms with Crippen LogP contribution in [0.15, 0.2) is 0 Å². The van der Waals surface area contributed by atoms with Crippen LogP contribution in [-0.4, -0.2) is 33.2 Å². The van der Waals surface area contributed by atoms with Gasteiger partial charge in [-0.25, -0.2) is 4.98 Å². The Morgan fingerprint density at radius 3 is 2.50 bits per heavy atom. The SMILES string of the molecule is CCCC1C(=O)N(CCC)C(=O)c2nc(C34CC5CC(CC3C5)C4)[nH]c21. The molecule has 3 unspecified atom stereocenters. The number of carbonyl (C=O) groups is 2. The van der Waals surface area contributed by atoms with Crippen LogP contribution >= 0.6 is 0 Å². The summed E-state index contributed by atoms with van der Waals surface area (Å²) in [6, 6.07) is 0. The monoisotopic (exact) mass is 355 g/mol. The van der Waals surface area contributed by atoms with Crippen molar-refractivity contribution in [1.82, 2.24) is 14.9 Å². The Labute approximate surface area is 154 Å². The molecule has 1 N–H and O–H groups in total. The van der Waals surface area contributed by atoms with E-state index in [9.17, 15) is 9.59 Å². The highest BCUT2D eigenvalue weighted by Gasteiger charge is 2.60. The molecule has 6 rings (SSSR count). The van der Waals surface area contributed by atoms with Crippen LogP contribution in [0.2, 0.25) is 0 Å². The van der Waals surface area contributed by atoms with Gasteiger partial charge in [0.15, 0.2) is 5.69 Å². The van der Waals surface area contributed by atoms with Crippen LogP contribution in [0.5, 0.6) is 0 Å². The number of imidazole rings is 1. The summed E-state index contributed by atoms with van der Waals surface area (Å²) in [6.45, 7) is 4.60. The number of amides is 2. The van der Waals surface area contributed by atoms with E-state index in [1.807, 2.05) is 6.92 Å². The number of hydrogen-bond acceptors (Lipinski definition) is 3. The minimum Gasteiger partial charge on any atom is -0.344 e. The normalized spacial score (nSPS) is 37.7. The Morgan fingerprint density at radius 1 is 1.12 bits per heavy atom. The van der Waals surface area contributed by atoms with Crippen molar-refractivity contribution in [3.05, 3.63) is 17.2 Å². The summed E-state index contributed by atoms with van der Waals surface area (Å²) >= 11 is 0. The number of imide groups is 1. The molecule has 0 aromatic carbocycles. The van der Waals surface area contributed by atoms with Crippen molar-refractivity contribution < 1.29 is 9.59 Å². The van der Waals surface area contributed by atoms with E-state index in [1.54, 1.807) is 0 Å². The smallest absolute Gasteiger partial charge is 0.280 e. The van der Waals surface area contributed by atoms with Crippen LogP contribution in [0.25, 0.3) is 0 Å². The molecule has 4 fully saturated rings. The molecule has 0 radical (unpaired) electrons. The lowest BCUT2D eigenvalue weighted by Gasteiger charge is -2.31. The lowest BCUT2D eigenvalue weighted by molar-refractivity contribution is -0.131. The molecule has 2 amide bonds. The molecule has 0 spiro atoms. The summed E-state index contributed by atoms with van der Waals surface area (Å²) in [4.78, 5) is 35.8. The van der Waals surface area contributed by atoms with E-state index in [-0.39, 0.29) is 23.1 Å². The predicted molar refractivity (Wildman–Crippen MR) is 97.8 cm³/mol. The maximum atomic E-state index is 13.0. The zero-order chi connectivity index (χ0) is 18.1. The number of fused-ring (bicyclic) bond motifs is 1. The molecule has 4 saturated carbocycles. The third-order valence-corrected chi connectivity index (χ3v) is 7.58. The summed E-state index contributed by atoms with van der Waals surface area (Å²) < 4.78 is 0. The topological polar surface area (TPSA) is 66.1 Å². The van der Waals surface area contributed by atoms with Crippen LogP contribution < -0.4 is 0 Å². The number of H-pyrrole nitrogens is 1. The molecule has 1 aromatic rings. The third kappa shape index (κ3) is 2.06. The molecule has 4 bridgehead atoms. The fourth-order valence-electron chi connectivity index (χ4n) is 6.75. The Kier molecular flexibility index (Phi) is 3.60. The Bertz CT molecular complexity index is 753. The zero-order valence-corrected chi connectivity index (χ0v) is 15.9. The summed E-state index contributed by atoms with van der Waals surface area (Å²) in [5, 5.41) is 0. The van der Waals surface area contributed by atoms with E-state index < -0.39 is 0 Å². The first-order valence-corrected chi connectivity index (χ1v) is 10.5. The van der Waals surface area contributed by atoms with Crippen LogP contribution in [-0.2, 0) is 10.2 Å². The van der Waals surface area contributed by atoms with E-state index in [0.29, 0.717) is 12.2 Å². The van der Waals surface area contributed by atoms with Gasteiger partial charge in [0.25, 0.3) is 5.91 Å². The van der Waals surface area contributed by atoms with Crippen LogP contribution in [0.1, 0.15) is 93.1 Å². The van der Waals surface area contributed by atoms with Gasteiger partial charge in [0, 0.05) is 12.0 Å². The van der Waals surface area contributed by atoms with Crippen LogP contribution in [0.4, 0.5) is 0 Å². The van der Waals surface area contributed by atoms with Gasteiger partial charge >= 0.3 is 0 Å². The van der Waals surface area contributed by atoms with Gasteiger partial charge < -0.3 is 4.98 Å². The van der Waals surface area contributed by atoms with Crippen molar-refractivity contribution in [2.24, 2.45) is 17.8 Å². The average Bonchev–Trinajstić information content (AvgIpc) is 3.24. The molecule has 0 saturated heterocycles. The minimum absolute atomic E-state index is 0.0314. The summed E-state index contributed by atoms with van der Waals surface area (Å²) in [5.74, 6) is 2.99. The number of aromatic amines is 1. The van der Waals surface area contributed by atoms with Gasteiger partial charge in [0.05, 0.1) is 11.6 Å². The zero-order valence-electron chi connectivity index (χ0n) is 15.9. The maximum Gasteiger partial charge on any atom is 0.280 e. The van der Waals surface area contributed by atoms with E-state index in [4.69, 9.17) is 4.98 Å². The predicted octanol–water partition coefficient (Wildman–Crippen LogP) is 3.76. The van der Waals surface area contributed by atoms with Gasteiger partial charge in [-0.15, -0.1) is 0 Å². The van der Waals surface area contributed by atoms with Crippen LogP contribution in [0, 0.1) is 17.8 Å². The van der Waals surface area contributed by atoms with Crippen molar-refractivity contribution in [3.63, 3.8) is 0 Å². The number of nitrogens with zero attached hydrogens (tertiary/aromatic N) is 2. The molecule has 5 heteroatoms. The van der Waals surface area contributed by atoms with Gasteiger partial charge in [-0.05, 0) is 62.7 Å². The van der Waals surface area contributed by atoms with Gasteiger partial charge in [0.1, 0.15) is 5.82 Å². The molecule has 4 aliphatic carbocycles. The lowest BCUT2D eigenvalue weighted by Crippen LogP contribution is -2.45. The maximum absolute atomic E-state index is 13.0. The second kappa shape index (κ2) is 5.67. The standard InChI is InChI=1S/C21H29N3O2/c1-3-5-15-16-17(19(26)24(6-4-2)18(15)25)23-20(22-16)21-10-12-7-13(11-21)9-14(21)8-12/h12-15H,3-11H2,1-2H3,(H,22,23).